The number of rotatable bonds is 6. The average Bonchev–Trinajstić information content (AvgIpc) is 3.36. The number of anilines is 1. The van der Waals surface area contributed by atoms with Crippen molar-refractivity contribution in [3.63, 3.8) is 0 Å². The Labute approximate surface area is 190 Å². The topological polar surface area (TPSA) is 90.0 Å². The second kappa shape index (κ2) is 8.10. The number of nitrogens with zero attached hydrogens (tertiary/aromatic N) is 6. The maximum absolute atomic E-state index is 13.5. The van der Waals surface area contributed by atoms with Crippen molar-refractivity contribution in [1.82, 2.24) is 29.4 Å². The Bertz CT molecular complexity index is 1310. The summed E-state index contributed by atoms with van der Waals surface area (Å²) in [5.41, 5.74) is 1.09. The fourth-order valence-corrected chi connectivity index (χ4v) is 3.83. The van der Waals surface area contributed by atoms with E-state index in [-0.39, 0.29) is 35.4 Å². The first-order chi connectivity index (χ1) is 15.4. The zero-order chi connectivity index (χ0) is 22.4. The molecule has 4 aromatic rings. The molecule has 0 saturated heterocycles. The number of halogens is 4. The van der Waals surface area contributed by atoms with Gasteiger partial charge in [0.15, 0.2) is 11.3 Å². The van der Waals surface area contributed by atoms with Gasteiger partial charge in [0.2, 0.25) is 5.95 Å². The summed E-state index contributed by atoms with van der Waals surface area (Å²) in [4.78, 5) is 21.1. The molecular formula is C20H15Cl2F2N7O. The van der Waals surface area contributed by atoms with Gasteiger partial charge < -0.3 is 0 Å². The fourth-order valence-electron chi connectivity index (χ4n) is 3.31. The van der Waals surface area contributed by atoms with Gasteiger partial charge in [-0.05, 0) is 31.0 Å². The Morgan fingerprint density at radius 2 is 1.94 bits per heavy atom. The van der Waals surface area contributed by atoms with E-state index < -0.39 is 12.3 Å². The molecular weight excluding hydrogens is 463 g/mol. The van der Waals surface area contributed by atoms with Crippen molar-refractivity contribution in [3.8, 4) is 0 Å². The lowest BCUT2D eigenvalue weighted by Gasteiger charge is -2.06. The highest BCUT2D eigenvalue weighted by atomic mass is 35.5. The van der Waals surface area contributed by atoms with Crippen molar-refractivity contribution in [2.75, 3.05) is 5.32 Å². The normalized spacial score (nSPS) is 13.8. The molecule has 3 heterocycles. The maximum Gasteiger partial charge on any atom is 0.280 e. The van der Waals surface area contributed by atoms with Gasteiger partial charge in [0, 0.05) is 33.3 Å². The summed E-state index contributed by atoms with van der Waals surface area (Å²) in [6.07, 6.45) is 0.502. The van der Waals surface area contributed by atoms with Gasteiger partial charge in [-0.25, -0.2) is 27.9 Å². The molecule has 1 N–H and O–H groups in total. The van der Waals surface area contributed by atoms with Gasteiger partial charge in [0.05, 0.1) is 6.54 Å². The van der Waals surface area contributed by atoms with E-state index in [0.717, 1.165) is 17.4 Å². The Morgan fingerprint density at radius 3 is 2.62 bits per heavy atom. The van der Waals surface area contributed by atoms with Crippen molar-refractivity contribution in [2.24, 2.45) is 0 Å². The molecule has 0 atom stereocenters. The van der Waals surface area contributed by atoms with Crippen LogP contribution in [0, 0.1) is 0 Å². The highest BCUT2D eigenvalue weighted by molar-refractivity contribution is 6.35. The lowest BCUT2D eigenvalue weighted by molar-refractivity contribution is 0.102. The lowest BCUT2D eigenvalue weighted by Crippen LogP contribution is -2.14. The van der Waals surface area contributed by atoms with Crippen LogP contribution in [0.25, 0.3) is 5.65 Å². The first kappa shape index (κ1) is 20.8. The number of carbonyl (C=O) groups excluding carboxylic acids is 1. The minimum Gasteiger partial charge on any atom is -0.288 e. The van der Waals surface area contributed by atoms with E-state index in [1.54, 1.807) is 18.2 Å². The molecule has 1 aromatic carbocycles. The predicted octanol–water partition coefficient (Wildman–Crippen LogP) is 4.74. The minimum atomic E-state index is -2.75. The molecule has 0 spiro atoms. The third-order valence-corrected chi connectivity index (χ3v) is 5.78. The standard InChI is InChI=1S/C20H15Cl2F2N7O/c21-12-2-1-3-13(22)11(12)8-30-9-25-20(29-30)27-19(32)15-7-17-26-14(10-4-5-10)6-16(18(23)24)31(17)28-15/h1-3,6-7,9-10,18H,4-5,8H2,(H,27,29,32). The molecule has 1 saturated carbocycles. The molecule has 1 aliphatic carbocycles. The molecule has 12 heteroatoms. The number of benzene rings is 1. The first-order valence-electron chi connectivity index (χ1n) is 9.71. The van der Waals surface area contributed by atoms with E-state index in [1.165, 1.54) is 23.1 Å². The number of aromatic nitrogens is 6. The van der Waals surface area contributed by atoms with Crippen LogP contribution in [-0.4, -0.2) is 35.3 Å². The number of hydrogen-bond acceptors (Lipinski definition) is 5. The molecule has 8 nitrogen and oxygen atoms in total. The zero-order valence-electron chi connectivity index (χ0n) is 16.3. The molecule has 3 aromatic heterocycles. The van der Waals surface area contributed by atoms with Gasteiger partial charge in [-0.2, -0.15) is 5.10 Å². The Kier molecular flexibility index (Phi) is 5.26. The molecule has 5 rings (SSSR count). The molecule has 1 fully saturated rings. The van der Waals surface area contributed by atoms with Gasteiger partial charge >= 0.3 is 0 Å². The smallest absolute Gasteiger partial charge is 0.280 e. The van der Waals surface area contributed by atoms with Crippen LogP contribution < -0.4 is 5.32 Å². The number of carbonyl (C=O) groups is 1. The van der Waals surface area contributed by atoms with Crippen LogP contribution in [0.15, 0.2) is 36.7 Å². The summed E-state index contributed by atoms with van der Waals surface area (Å²) >= 11 is 12.3. The van der Waals surface area contributed by atoms with E-state index in [2.05, 4.69) is 25.5 Å². The molecule has 0 bridgehead atoms. The van der Waals surface area contributed by atoms with Gasteiger partial charge in [0.25, 0.3) is 12.3 Å². The lowest BCUT2D eigenvalue weighted by atomic mass is 10.2. The van der Waals surface area contributed by atoms with Crippen LogP contribution >= 0.6 is 23.2 Å². The van der Waals surface area contributed by atoms with Crippen molar-refractivity contribution >= 4 is 40.7 Å². The molecule has 0 radical (unpaired) electrons. The molecule has 0 aliphatic heterocycles. The van der Waals surface area contributed by atoms with E-state index >= 15 is 0 Å². The highest BCUT2D eigenvalue weighted by Crippen LogP contribution is 2.40. The number of alkyl halides is 2. The van der Waals surface area contributed by atoms with Crippen LogP contribution in [0.5, 0.6) is 0 Å². The number of fused-ring (bicyclic) bond motifs is 1. The quantitative estimate of drug-likeness (QED) is 0.432. The summed E-state index contributed by atoms with van der Waals surface area (Å²) in [6.45, 7) is 0.251. The zero-order valence-corrected chi connectivity index (χ0v) is 17.9. The number of amides is 1. The summed E-state index contributed by atoms with van der Waals surface area (Å²) in [5.74, 6) is -0.433. The number of hydrogen-bond donors (Lipinski definition) is 1. The predicted molar refractivity (Wildman–Crippen MR) is 113 cm³/mol. The minimum absolute atomic E-state index is 0.0240. The van der Waals surface area contributed by atoms with Gasteiger partial charge in [-0.3, -0.25) is 10.1 Å². The summed E-state index contributed by atoms with van der Waals surface area (Å²) < 4.78 is 29.5. The van der Waals surface area contributed by atoms with Crippen molar-refractivity contribution in [2.45, 2.75) is 31.7 Å². The largest absolute Gasteiger partial charge is 0.288 e. The molecule has 164 valence electrons. The Balaban J connectivity index is 1.37. The molecule has 1 amide bonds. The third-order valence-electron chi connectivity index (χ3n) is 5.07. The second-order valence-electron chi connectivity index (χ2n) is 7.40. The highest BCUT2D eigenvalue weighted by Gasteiger charge is 2.28. The van der Waals surface area contributed by atoms with Crippen LogP contribution in [0.3, 0.4) is 0 Å². The Hall–Kier alpha value is -3.11. The molecule has 0 unspecified atom stereocenters. The van der Waals surface area contributed by atoms with Crippen molar-refractivity contribution in [3.05, 3.63) is 69.3 Å². The van der Waals surface area contributed by atoms with E-state index in [1.807, 2.05) is 0 Å². The number of nitrogens with one attached hydrogen (secondary N) is 1. The van der Waals surface area contributed by atoms with E-state index in [9.17, 15) is 13.6 Å². The van der Waals surface area contributed by atoms with Gasteiger partial charge in [0.1, 0.15) is 12.0 Å². The first-order valence-corrected chi connectivity index (χ1v) is 10.5. The van der Waals surface area contributed by atoms with Gasteiger partial charge in [-0.1, -0.05) is 29.3 Å². The van der Waals surface area contributed by atoms with Gasteiger partial charge in [-0.15, -0.1) is 5.10 Å². The van der Waals surface area contributed by atoms with Crippen molar-refractivity contribution < 1.29 is 13.6 Å². The summed E-state index contributed by atoms with van der Waals surface area (Å²) in [5, 5.41) is 11.7. The third kappa shape index (κ3) is 4.03. The van der Waals surface area contributed by atoms with Crippen LogP contribution in [0.1, 0.15) is 52.6 Å². The Morgan fingerprint density at radius 1 is 1.19 bits per heavy atom. The van der Waals surface area contributed by atoms with Crippen LogP contribution in [0.4, 0.5) is 14.7 Å². The van der Waals surface area contributed by atoms with Crippen molar-refractivity contribution in [1.29, 1.82) is 0 Å². The fraction of sp³-hybridized carbons (Fsp3) is 0.250. The molecule has 1 aliphatic rings. The van der Waals surface area contributed by atoms with Crippen LogP contribution in [0.2, 0.25) is 10.0 Å². The summed E-state index contributed by atoms with van der Waals surface area (Å²) in [7, 11) is 0. The van der Waals surface area contributed by atoms with E-state index in [4.69, 9.17) is 23.2 Å². The SMILES string of the molecule is O=C(Nc1ncn(Cc2c(Cl)cccc2Cl)n1)c1cc2nc(C3CC3)cc(C(F)F)n2n1. The molecule has 32 heavy (non-hydrogen) atoms. The maximum atomic E-state index is 13.5. The second-order valence-corrected chi connectivity index (χ2v) is 8.21. The summed E-state index contributed by atoms with van der Waals surface area (Å²) in [6, 6.07) is 7.88. The van der Waals surface area contributed by atoms with Crippen LogP contribution in [-0.2, 0) is 6.54 Å². The monoisotopic (exact) mass is 477 g/mol. The average molecular weight is 478 g/mol. The van der Waals surface area contributed by atoms with E-state index in [0.29, 0.717) is 21.3 Å².